The maximum atomic E-state index is 9.35. The Labute approximate surface area is 112 Å². The van der Waals surface area contributed by atoms with Gasteiger partial charge in [0, 0.05) is 12.2 Å². The van der Waals surface area contributed by atoms with Crippen molar-refractivity contribution in [2.45, 2.75) is 19.9 Å². The molecule has 0 heterocycles. The van der Waals surface area contributed by atoms with E-state index in [-0.39, 0.29) is 5.75 Å². The number of hydrogen-bond acceptors (Lipinski definition) is 2. The fraction of sp³-hybridized carbons (Fsp3) is 0.200. The number of hydrogen-bond donors (Lipinski definition) is 2. The van der Waals surface area contributed by atoms with Gasteiger partial charge in [0.05, 0.1) is 5.02 Å². The van der Waals surface area contributed by atoms with Crippen LogP contribution in [0.15, 0.2) is 42.5 Å². The molecule has 0 unspecified atom stereocenters. The Morgan fingerprint density at radius 1 is 1.11 bits per heavy atom. The minimum atomic E-state index is 0.108. The third kappa shape index (κ3) is 2.96. The molecular formula is C15H16ClNO. The molecule has 0 bridgehead atoms. The Morgan fingerprint density at radius 3 is 2.50 bits per heavy atom. The highest BCUT2D eigenvalue weighted by Gasteiger charge is 2.02. The maximum Gasteiger partial charge on any atom is 0.134 e. The number of aromatic hydroxyl groups is 1. The van der Waals surface area contributed by atoms with E-state index in [2.05, 4.69) is 30.4 Å². The average Bonchev–Trinajstić information content (AvgIpc) is 2.40. The summed E-state index contributed by atoms with van der Waals surface area (Å²) in [4.78, 5) is 0. The SMILES string of the molecule is CCc1ccccc1CNc1ccc(O)c(Cl)c1. The van der Waals surface area contributed by atoms with E-state index in [9.17, 15) is 5.11 Å². The molecule has 2 rings (SSSR count). The molecule has 0 atom stereocenters. The van der Waals surface area contributed by atoms with Gasteiger partial charge in [-0.1, -0.05) is 42.8 Å². The second kappa shape index (κ2) is 5.78. The van der Waals surface area contributed by atoms with Crippen LogP contribution in [0, 0.1) is 0 Å². The van der Waals surface area contributed by atoms with Crippen LogP contribution >= 0.6 is 11.6 Å². The molecule has 0 radical (unpaired) electrons. The number of nitrogens with one attached hydrogen (secondary N) is 1. The number of halogens is 1. The first-order valence-corrected chi connectivity index (χ1v) is 6.37. The van der Waals surface area contributed by atoms with Gasteiger partial charge in [0.25, 0.3) is 0 Å². The predicted molar refractivity (Wildman–Crippen MR) is 76.3 cm³/mol. The lowest BCUT2D eigenvalue weighted by Crippen LogP contribution is -2.02. The Hall–Kier alpha value is -1.67. The van der Waals surface area contributed by atoms with Crippen molar-refractivity contribution < 1.29 is 5.11 Å². The lowest BCUT2D eigenvalue weighted by atomic mass is 10.1. The molecule has 0 saturated carbocycles. The minimum absolute atomic E-state index is 0.108. The largest absolute Gasteiger partial charge is 0.506 e. The zero-order valence-electron chi connectivity index (χ0n) is 10.3. The molecule has 0 spiro atoms. The molecule has 18 heavy (non-hydrogen) atoms. The number of phenols is 1. The molecule has 3 heteroatoms. The summed E-state index contributed by atoms with van der Waals surface area (Å²) in [6.07, 6.45) is 1.02. The van der Waals surface area contributed by atoms with Crippen molar-refractivity contribution in [2.24, 2.45) is 0 Å². The van der Waals surface area contributed by atoms with Crippen molar-refractivity contribution in [2.75, 3.05) is 5.32 Å². The van der Waals surface area contributed by atoms with Crippen LogP contribution in [0.5, 0.6) is 5.75 Å². The van der Waals surface area contributed by atoms with Crippen molar-refractivity contribution in [3.05, 3.63) is 58.6 Å². The summed E-state index contributed by atoms with van der Waals surface area (Å²) in [5.74, 6) is 0.108. The molecule has 0 aliphatic carbocycles. The van der Waals surface area contributed by atoms with Crippen LogP contribution in [-0.4, -0.2) is 5.11 Å². The van der Waals surface area contributed by atoms with E-state index >= 15 is 0 Å². The van der Waals surface area contributed by atoms with Crippen LogP contribution < -0.4 is 5.32 Å². The summed E-state index contributed by atoms with van der Waals surface area (Å²) < 4.78 is 0. The van der Waals surface area contributed by atoms with E-state index in [4.69, 9.17) is 11.6 Å². The smallest absolute Gasteiger partial charge is 0.134 e. The number of aryl methyl sites for hydroxylation is 1. The van der Waals surface area contributed by atoms with Crippen LogP contribution in [-0.2, 0) is 13.0 Å². The van der Waals surface area contributed by atoms with Crippen molar-refractivity contribution in [3.8, 4) is 5.75 Å². The quantitative estimate of drug-likeness (QED) is 0.808. The molecule has 2 aromatic rings. The van der Waals surface area contributed by atoms with Gasteiger partial charge in [-0.2, -0.15) is 0 Å². The molecule has 94 valence electrons. The Morgan fingerprint density at radius 2 is 1.83 bits per heavy atom. The topological polar surface area (TPSA) is 32.3 Å². The molecule has 0 saturated heterocycles. The van der Waals surface area contributed by atoms with Gasteiger partial charge in [0.1, 0.15) is 5.75 Å². The Balaban J connectivity index is 2.09. The highest BCUT2D eigenvalue weighted by atomic mass is 35.5. The fourth-order valence-electron chi connectivity index (χ4n) is 1.89. The summed E-state index contributed by atoms with van der Waals surface area (Å²) in [5, 5.41) is 13.0. The summed E-state index contributed by atoms with van der Waals surface area (Å²) in [6, 6.07) is 13.5. The predicted octanol–water partition coefficient (Wildman–Crippen LogP) is 4.22. The fourth-order valence-corrected chi connectivity index (χ4v) is 2.07. The minimum Gasteiger partial charge on any atom is -0.506 e. The molecule has 2 aromatic carbocycles. The van der Waals surface area contributed by atoms with E-state index in [0.29, 0.717) is 5.02 Å². The second-order valence-corrected chi connectivity index (χ2v) is 4.55. The molecule has 0 amide bonds. The van der Waals surface area contributed by atoms with Gasteiger partial charge in [-0.3, -0.25) is 0 Å². The van der Waals surface area contributed by atoms with Gasteiger partial charge in [-0.05, 0) is 35.7 Å². The number of rotatable bonds is 4. The third-order valence-corrected chi connectivity index (χ3v) is 3.23. The number of anilines is 1. The van der Waals surface area contributed by atoms with Gasteiger partial charge >= 0.3 is 0 Å². The van der Waals surface area contributed by atoms with Crippen molar-refractivity contribution >= 4 is 17.3 Å². The second-order valence-electron chi connectivity index (χ2n) is 4.14. The molecule has 0 aromatic heterocycles. The first-order chi connectivity index (χ1) is 8.70. The van der Waals surface area contributed by atoms with Gasteiger partial charge < -0.3 is 10.4 Å². The maximum absolute atomic E-state index is 9.35. The lowest BCUT2D eigenvalue weighted by molar-refractivity contribution is 0.475. The number of benzene rings is 2. The highest BCUT2D eigenvalue weighted by molar-refractivity contribution is 6.32. The summed E-state index contributed by atoms with van der Waals surface area (Å²) in [7, 11) is 0. The van der Waals surface area contributed by atoms with Crippen molar-refractivity contribution in [1.82, 2.24) is 0 Å². The monoisotopic (exact) mass is 261 g/mol. The van der Waals surface area contributed by atoms with Gasteiger partial charge in [0.15, 0.2) is 0 Å². The van der Waals surface area contributed by atoms with Crippen LogP contribution in [0.25, 0.3) is 0 Å². The molecule has 0 fully saturated rings. The van der Waals surface area contributed by atoms with E-state index in [1.165, 1.54) is 11.1 Å². The van der Waals surface area contributed by atoms with E-state index in [0.717, 1.165) is 18.7 Å². The third-order valence-electron chi connectivity index (χ3n) is 2.93. The zero-order valence-corrected chi connectivity index (χ0v) is 11.0. The first-order valence-electron chi connectivity index (χ1n) is 6.00. The Kier molecular flexibility index (Phi) is 4.11. The van der Waals surface area contributed by atoms with Crippen LogP contribution in [0.4, 0.5) is 5.69 Å². The van der Waals surface area contributed by atoms with E-state index in [1.54, 1.807) is 12.1 Å². The Bertz CT molecular complexity index is 540. The van der Waals surface area contributed by atoms with Crippen LogP contribution in [0.3, 0.4) is 0 Å². The molecule has 2 nitrogen and oxygen atoms in total. The lowest BCUT2D eigenvalue weighted by Gasteiger charge is -2.10. The van der Waals surface area contributed by atoms with Crippen LogP contribution in [0.2, 0.25) is 5.02 Å². The van der Waals surface area contributed by atoms with Gasteiger partial charge in [-0.25, -0.2) is 0 Å². The van der Waals surface area contributed by atoms with E-state index in [1.807, 2.05) is 12.1 Å². The standard InChI is InChI=1S/C15H16ClNO/c1-2-11-5-3-4-6-12(11)10-17-13-7-8-15(18)14(16)9-13/h3-9,17-18H,2,10H2,1H3. The molecule has 2 N–H and O–H groups in total. The van der Waals surface area contributed by atoms with E-state index < -0.39 is 0 Å². The molecular weight excluding hydrogens is 246 g/mol. The molecule has 0 aliphatic heterocycles. The first kappa shape index (κ1) is 12.8. The molecule has 0 aliphatic rings. The summed E-state index contributed by atoms with van der Waals surface area (Å²) >= 11 is 5.86. The van der Waals surface area contributed by atoms with Gasteiger partial charge in [-0.15, -0.1) is 0 Å². The van der Waals surface area contributed by atoms with Crippen molar-refractivity contribution in [1.29, 1.82) is 0 Å². The normalized spacial score (nSPS) is 10.3. The summed E-state index contributed by atoms with van der Waals surface area (Å²) in [6.45, 7) is 2.90. The average molecular weight is 262 g/mol. The zero-order chi connectivity index (χ0) is 13.0. The van der Waals surface area contributed by atoms with Crippen LogP contribution in [0.1, 0.15) is 18.1 Å². The number of phenolic OH excluding ortho intramolecular Hbond substituents is 1. The van der Waals surface area contributed by atoms with Crippen molar-refractivity contribution in [3.63, 3.8) is 0 Å². The highest BCUT2D eigenvalue weighted by Crippen LogP contribution is 2.26. The van der Waals surface area contributed by atoms with Gasteiger partial charge in [0.2, 0.25) is 0 Å². The summed E-state index contributed by atoms with van der Waals surface area (Å²) in [5.41, 5.74) is 3.53.